The van der Waals surface area contributed by atoms with E-state index in [1.807, 2.05) is 12.1 Å². The summed E-state index contributed by atoms with van der Waals surface area (Å²) < 4.78 is 4.69. The molecule has 0 N–H and O–H groups in total. The molecule has 0 radical (unpaired) electrons. The highest BCUT2D eigenvalue weighted by Crippen LogP contribution is 1.78. The summed E-state index contributed by atoms with van der Waals surface area (Å²) in [6.07, 6.45) is 4.08. The number of hydrogen-bond acceptors (Lipinski definition) is 2. The third kappa shape index (κ3) is 5.19. The van der Waals surface area contributed by atoms with Crippen molar-refractivity contribution in [2.75, 3.05) is 13.7 Å². The fourth-order valence-electron chi connectivity index (χ4n) is 0.300. The van der Waals surface area contributed by atoms with Gasteiger partial charge in [0.2, 0.25) is 0 Å². The zero-order chi connectivity index (χ0) is 6.24. The van der Waals surface area contributed by atoms with Crippen LogP contribution in [0.1, 0.15) is 6.42 Å². The average Bonchev–Trinajstić information content (AvgIpc) is 1.81. The van der Waals surface area contributed by atoms with E-state index in [-0.39, 0.29) is 0 Å². The predicted octanol–water partition coefficient (Wildman–Crippen LogP) is 1.10. The highest BCUT2D eigenvalue weighted by atomic mass is 16.5. The van der Waals surface area contributed by atoms with E-state index in [0.717, 1.165) is 0 Å². The summed E-state index contributed by atoms with van der Waals surface area (Å²) >= 11 is 0. The molecule has 0 atom stereocenters. The second-order valence-electron chi connectivity index (χ2n) is 1.29. The van der Waals surface area contributed by atoms with Gasteiger partial charge in [-0.15, -0.1) is 0 Å². The van der Waals surface area contributed by atoms with Crippen LogP contribution in [0.3, 0.4) is 0 Å². The van der Waals surface area contributed by atoms with E-state index in [9.17, 15) is 0 Å². The molecule has 44 valence electrons. The van der Waals surface area contributed by atoms with Crippen molar-refractivity contribution < 1.29 is 4.74 Å². The Kier molecular flexibility index (Phi) is 5.56. The molecule has 2 heteroatoms. The highest BCUT2D eigenvalue weighted by Gasteiger charge is 1.70. The first-order valence-corrected chi connectivity index (χ1v) is 2.42. The van der Waals surface area contributed by atoms with Gasteiger partial charge in [0.1, 0.15) is 0 Å². The first kappa shape index (κ1) is 7.19. The van der Waals surface area contributed by atoms with Gasteiger partial charge < -0.3 is 4.74 Å². The fourth-order valence-corrected chi connectivity index (χ4v) is 0.300. The number of ether oxygens (including phenoxy) is 1. The number of nitriles is 1. The number of nitrogens with zero attached hydrogens (tertiary/aromatic N) is 1. The molecule has 0 bridgehead atoms. The quantitative estimate of drug-likeness (QED) is 0.511. The molecule has 0 aliphatic heterocycles. The smallest absolute Gasteiger partial charge is 0.0663 e. The van der Waals surface area contributed by atoms with Gasteiger partial charge in [0.05, 0.1) is 19.1 Å². The van der Waals surface area contributed by atoms with Gasteiger partial charge in [-0.1, -0.05) is 12.2 Å². The lowest BCUT2D eigenvalue weighted by Crippen LogP contribution is -1.78. The van der Waals surface area contributed by atoms with Crippen LogP contribution in [0.15, 0.2) is 12.2 Å². The van der Waals surface area contributed by atoms with Crippen LogP contribution in [-0.2, 0) is 4.74 Å². The molecule has 0 unspecified atom stereocenters. The molecular formula is C6H9NO. The minimum Gasteiger partial charge on any atom is -0.381 e. The standard InChI is InChI=1S/C6H9NO/c1-8-6-4-2-3-5-7/h2,4H,3,6H2,1H3. The van der Waals surface area contributed by atoms with E-state index in [0.29, 0.717) is 13.0 Å². The number of methoxy groups -OCH3 is 1. The fraction of sp³-hybridized carbons (Fsp3) is 0.500. The largest absolute Gasteiger partial charge is 0.381 e. The number of rotatable bonds is 3. The topological polar surface area (TPSA) is 33.0 Å². The monoisotopic (exact) mass is 111 g/mol. The molecule has 8 heavy (non-hydrogen) atoms. The second kappa shape index (κ2) is 6.19. The summed E-state index contributed by atoms with van der Waals surface area (Å²) in [6, 6.07) is 1.98. The molecular weight excluding hydrogens is 102 g/mol. The Morgan fingerprint density at radius 2 is 2.38 bits per heavy atom. The maximum absolute atomic E-state index is 8.02. The number of hydrogen-bond donors (Lipinski definition) is 0. The lowest BCUT2D eigenvalue weighted by Gasteiger charge is -1.83. The molecule has 0 fully saturated rings. The summed E-state index contributed by atoms with van der Waals surface area (Å²) in [6.45, 7) is 0.599. The van der Waals surface area contributed by atoms with Crippen LogP contribution >= 0.6 is 0 Å². The van der Waals surface area contributed by atoms with Gasteiger partial charge in [0.15, 0.2) is 0 Å². The van der Waals surface area contributed by atoms with Gasteiger partial charge in [-0.3, -0.25) is 0 Å². The van der Waals surface area contributed by atoms with Gasteiger partial charge in [-0.25, -0.2) is 0 Å². The number of allylic oxidation sites excluding steroid dienone is 1. The van der Waals surface area contributed by atoms with Crippen molar-refractivity contribution in [2.45, 2.75) is 6.42 Å². The van der Waals surface area contributed by atoms with Crippen molar-refractivity contribution in [3.63, 3.8) is 0 Å². The van der Waals surface area contributed by atoms with Crippen LogP contribution < -0.4 is 0 Å². The van der Waals surface area contributed by atoms with Crippen molar-refractivity contribution in [3.05, 3.63) is 12.2 Å². The Morgan fingerprint density at radius 3 is 2.88 bits per heavy atom. The normalized spacial score (nSPS) is 9.50. The molecule has 0 amide bonds. The summed E-state index contributed by atoms with van der Waals surface area (Å²) in [7, 11) is 1.62. The minimum absolute atomic E-state index is 0.476. The zero-order valence-corrected chi connectivity index (χ0v) is 4.92. The van der Waals surface area contributed by atoms with E-state index in [1.54, 1.807) is 13.2 Å². The van der Waals surface area contributed by atoms with Crippen LogP contribution in [-0.4, -0.2) is 13.7 Å². The molecule has 0 saturated heterocycles. The van der Waals surface area contributed by atoms with E-state index >= 15 is 0 Å². The first-order chi connectivity index (χ1) is 3.91. The van der Waals surface area contributed by atoms with E-state index in [4.69, 9.17) is 10.00 Å². The van der Waals surface area contributed by atoms with Crippen molar-refractivity contribution in [1.82, 2.24) is 0 Å². The zero-order valence-electron chi connectivity index (χ0n) is 4.92. The lowest BCUT2D eigenvalue weighted by molar-refractivity contribution is 0.233. The third-order valence-corrected chi connectivity index (χ3v) is 0.639. The van der Waals surface area contributed by atoms with Crippen molar-refractivity contribution in [2.24, 2.45) is 0 Å². The Labute approximate surface area is 49.4 Å². The molecule has 0 spiro atoms. The van der Waals surface area contributed by atoms with E-state index < -0.39 is 0 Å². The van der Waals surface area contributed by atoms with Crippen LogP contribution in [0.25, 0.3) is 0 Å². The summed E-state index contributed by atoms with van der Waals surface area (Å²) in [5.74, 6) is 0. The van der Waals surface area contributed by atoms with Gasteiger partial charge in [-0.2, -0.15) is 5.26 Å². The van der Waals surface area contributed by atoms with Gasteiger partial charge in [0, 0.05) is 7.11 Å². The van der Waals surface area contributed by atoms with Crippen LogP contribution in [0.5, 0.6) is 0 Å². The van der Waals surface area contributed by atoms with E-state index in [2.05, 4.69) is 0 Å². The molecule has 0 aromatic rings. The minimum atomic E-state index is 0.476. The summed E-state index contributed by atoms with van der Waals surface area (Å²) in [4.78, 5) is 0. The Balaban J connectivity index is 2.98. The van der Waals surface area contributed by atoms with Gasteiger partial charge in [-0.05, 0) is 0 Å². The molecule has 0 aromatic heterocycles. The van der Waals surface area contributed by atoms with Crippen molar-refractivity contribution >= 4 is 0 Å². The molecule has 0 heterocycles. The maximum Gasteiger partial charge on any atom is 0.0663 e. The first-order valence-electron chi connectivity index (χ1n) is 2.42. The Hall–Kier alpha value is -0.810. The second-order valence-corrected chi connectivity index (χ2v) is 1.29. The predicted molar refractivity (Wildman–Crippen MR) is 31.2 cm³/mol. The average molecular weight is 111 g/mol. The SMILES string of the molecule is COCC=CCC#N. The molecule has 0 aromatic carbocycles. The highest BCUT2D eigenvalue weighted by molar-refractivity contribution is 4.90. The van der Waals surface area contributed by atoms with Crippen LogP contribution in [0.4, 0.5) is 0 Å². The molecule has 0 aliphatic rings. The van der Waals surface area contributed by atoms with Gasteiger partial charge in [0.25, 0.3) is 0 Å². The Bertz CT molecular complexity index is 102. The van der Waals surface area contributed by atoms with Crippen LogP contribution in [0.2, 0.25) is 0 Å². The van der Waals surface area contributed by atoms with Gasteiger partial charge >= 0.3 is 0 Å². The molecule has 0 rings (SSSR count). The lowest BCUT2D eigenvalue weighted by atomic mass is 10.4. The molecule has 0 saturated carbocycles. The van der Waals surface area contributed by atoms with Crippen LogP contribution in [0, 0.1) is 11.3 Å². The molecule has 0 aliphatic carbocycles. The van der Waals surface area contributed by atoms with E-state index in [1.165, 1.54) is 0 Å². The maximum atomic E-state index is 8.02. The Morgan fingerprint density at radius 1 is 1.62 bits per heavy atom. The third-order valence-electron chi connectivity index (χ3n) is 0.639. The summed E-state index contributed by atoms with van der Waals surface area (Å²) in [5.41, 5.74) is 0. The molecule has 2 nitrogen and oxygen atoms in total. The van der Waals surface area contributed by atoms with Crippen molar-refractivity contribution in [3.8, 4) is 6.07 Å². The summed E-state index contributed by atoms with van der Waals surface area (Å²) in [5, 5.41) is 8.02. The van der Waals surface area contributed by atoms with Crippen molar-refractivity contribution in [1.29, 1.82) is 5.26 Å².